The van der Waals surface area contributed by atoms with Crippen LogP contribution in [0.5, 0.6) is 0 Å². The van der Waals surface area contributed by atoms with Crippen molar-refractivity contribution in [3.8, 4) is 5.82 Å². The summed E-state index contributed by atoms with van der Waals surface area (Å²) in [4.78, 5) is 20.6. The molecule has 112 valence electrons. The van der Waals surface area contributed by atoms with Gasteiger partial charge in [-0.1, -0.05) is 11.6 Å². The molecule has 0 aliphatic carbocycles. The largest absolute Gasteiger partial charge is 0.281 e. The van der Waals surface area contributed by atoms with Crippen LogP contribution >= 0.6 is 11.6 Å². The van der Waals surface area contributed by atoms with Gasteiger partial charge in [0.1, 0.15) is 5.69 Å². The van der Waals surface area contributed by atoms with Crippen molar-refractivity contribution in [1.82, 2.24) is 19.8 Å². The molecule has 9 heteroatoms. The lowest BCUT2D eigenvalue weighted by Gasteiger charge is -2.14. The Bertz CT molecular complexity index is 662. The van der Waals surface area contributed by atoms with E-state index in [1.54, 1.807) is 6.07 Å². The summed E-state index contributed by atoms with van der Waals surface area (Å²) >= 11 is 5.93. The van der Waals surface area contributed by atoms with Crippen LogP contribution in [0.25, 0.3) is 5.82 Å². The van der Waals surface area contributed by atoms with Crippen molar-refractivity contribution in [3.05, 3.63) is 40.8 Å². The monoisotopic (exact) mass is 316 g/mol. The van der Waals surface area contributed by atoms with Crippen molar-refractivity contribution >= 4 is 17.5 Å². The lowest BCUT2D eigenvalue weighted by atomic mass is 10.2. The van der Waals surface area contributed by atoms with Crippen LogP contribution in [-0.2, 0) is 4.84 Å². The molecule has 0 bridgehead atoms. The van der Waals surface area contributed by atoms with Gasteiger partial charge in [0.05, 0.1) is 23.9 Å². The van der Waals surface area contributed by atoms with Crippen LogP contribution in [0, 0.1) is 0 Å². The summed E-state index contributed by atoms with van der Waals surface area (Å²) in [5.74, 6) is -0.723. The van der Waals surface area contributed by atoms with E-state index in [0.29, 0.717) is 0 Å². The Labute approximate surface area is 123 Å². The molecular weight excluding hydrogens is 306 g/mol. The third-order valence-corrected chi connectivity index (χ3v) is 3.04. The van der Waals surface area contributed by atoms with E-state index < -0.39 is 18.0 Å². The van der Waals surface area contributed by atoms with Crippen LogP contribution in [0.1, 0.15) is 22.5 Å². The minimum atomic E-state index is -2.94. The molecule has 2 heterocycles. The highest BCUT2D eigenvalue weighted by Gasteiger charge is 2.28. The smallest absolute Gasteiger partial charge is 0.274 e. The van der Waals surface area contributed by atoms with Gasteiger partial charge in [-0.15, -0.1) is 0 Å². The normalized spacial score (nSPS) is 11.0. The van der Waals surface area contributed by atoms with Crippen LogP contribution in [-0.4, -0.2) is 39.9 Å². The average molecular weight is 317 g/mol. The number of halogens is 3. The van der Waals surface area contributed by atoms with Crippen LogP contribution in [0.15, 0.2) is 24.5 Å². The van der Waals surface area contributed by atoms with E-state index in [1.165, 1.54) is 26.4 Å². The molecule has 0 spiro atoms. The Kier molecular flexibility index (Phi) is 4.49. The number of nitrogens with zero attached hydrogens (tertiary/aromatic N) is 4. The highest BCUT2D eigenvalue weighted by molar-refractivity contribution is 6.32. The van der Waals surface area contributed by atoms with Gasteiger partial charge in [0, 0.05) is 13.2 Å². The van der Waals surface area contributed by atoms with E-state index in [-0.39, 0.29) is 16.4 Å². The van der Waals surface area contributed by atoms with Crippen molar-refractivity contribution in [2.45, 2.75) is 6.43 Å². The molecule has 2 rings (SSSR count). The molecular formula is C12H11ClF2N4O2. The molecule has 0 aliphatic rings. The molecule has 0 saturated heterocycles. The first-order valence-electron chi connectivity index (χ1n) is 5.76. The SMILES string of the molecule is CON(C)C(=O)c1cnn(-c2ncccc2Cl)c1C(F)F. The van der Waals surface area contributed by atoms with Gasteiger partial charge in [0.2, 0.25) is 0 Å². The predicted octanol–water partition coefficient (Wildman–Crippen LogP) is 2.49. The van der Waals surface area contributed by atoms with Crippen LogP contribution < -0.4 is 0 Å². The zero-order valence-electron chi connectivity index (χ0n) is 11.1. The van der Waals surface area contributed by atoms with Crippen LogP contribution in [0.4, 0.5) is 8.78 Å². The summed E-state index contributed by atoms with van der Waals surface area (Å²) < 4.78 is 27.5. The minimum absolute atomic E-state index is 0.0218. The fraction of sp³-hybridized carbons (Fsp3) is 0.250. The summed E-state index contributed by atoms with van der Waals surface area (Å²) in [6, 6.07) is 3.05. The molecule has 0 radical (unpaired) electrons. The second-order valence-electron chi connectivity index (χ2n) is 3.95. The molecule has 0 aliphatic heterocycles. The Balaban J connectivity index is 2.58. The van der Waals surface area contributed by atoms with Gasteiger partial charge in [-0.25, -0.2) is 23.5 Å². The van der Waals surface area contributed by atoms with Crippen molar-refractivity contribution in [2.24, 2.45) is 0 Å². The number of pyridine rings is 1. The molecule has 0 aromatic carbocycles. The molecule has 0 N–H and O–H groups in total. The molecule has 0 unspecified atom stereocenters. The molecule has 2 aromatic heterocycles. The molecule has 0 saturated carbocycles. The zero-order valence-corrected chi connectivity index (χ0v) is 11.9. The fourth-order valence-electron chi connectivity index (χ4n) is 1.69. The summed E-state index contributed by atoms with van der Waals surface area (Å²) in [6.45, 7) is 0. The number of hydroxylamine groups is 2. The number of aromatic nitrogens is 3. The first-order valence-corrected chi connectivity index (χ1v) is 6.14. The van der Waals surface area contributed by atoms with E-state index >= 15 is 0 Å². The first-order chi connectivity index (χ1) is 9.97. The number of amides is 1. The molecule has 6 nitrogen and oxygen atoms in total. The molecule has 0 fully saturated rings. The maximum absolute atomic E-state index is 13.3. The van der Waals surface area contributed by atoms with E-state index in [0.717, 1.165) is 15.9 Å². The quantitative estimate of drug-likeness (QED) is 0.813. The second kappa shape index (κ2) is 6.15. The number of carbonyl (C=O) groups excluding carboxylic acids is 1. The van der Waals surface area contributed by atoms with Gasteiger partial charge < -0.3 is 0 Å². The number of rotatable bonds is 4. The summed E-state index contributed by atoms with van der Waals surface area (Å²) in [7, 11) is 2.56. The standard InChI is InChI=1S/C12H11ClF2N4O2/c1-18(21-2)12(20)7-6-17-19(9(7)10(14)15)11-8(13)4-3-5-16-11/h3-6,10H,1-2H3. The van der Waals surface area contributed by atoms with Crippen molar-refractivity contribution in [3.63, 3.8) is 0 Å². The average Bonchev–Trinajstić information content (AvgIpc) is 2.90. The van der Waals surface area contributed by atoms with Gasteiger partial charge >= 0.3 is 0 Å². The van der Waals surface area contributed by atoms with Gasteiger partial charge in [-0.05, 0) is 12.1 Å². The van der Waals surface area contributed by atoms with E-state index in [1.807, 2.05) is 0 Å². The maximum atomic E-state index is 13.3. The Hall–Kier alpha value is -2.06. The van der Waals surface area contributed by atoms with Gasteiger partial charge in [0.25, 0.3) is 12.3 Å². The van der Waals surface area contributed by atoms with Crippen molar-refractivity contribution in [1.29, 1.82) is 0 Å². The highest BCUT2D eigenvalue weighted by Crippen LogP contribution is 2.28. The number of carbonyl (C=O) groups is 1. The maximum Gasteiger partial charge on any atom is 0.281 e. The Morgan fingerprint density at radius 1 is 1.52 bits per heavy atom. The Morgan fingerprint density at radius 3 is 2.81 bits per heavy atom. The van der Waals surface area contributed by atoms with Gasteiger partial charge in [-0.2, -0.15) is 5.10 Å². The Morgan fingerprint density at radius 2 is 2.24 bits per heavy atom. The molecule has 0 atom stereocenters. The predicted molar refractivity (Wildman–Crippen MR) is 70.4 cm³/mol. The summed E-state index contributed by atoms with van der Waals surface area (Å²) in [5, 5.41) is 4.76. The number of hydrogen-bond acceptors (Lipinski definition) is 4. The topological polar surface area (TPSA) is 60.2 Å². The van der Waals surface area contributed by atoms with Crippen LogP contribution in [0.3, 0.4) is 0 Å². The number of hydrogen-bond donors (Lipinski definition) is 0. The number of alkyl halides is 2. The second-order valence-corrected chi connectivity index (χ2v) is 4.36. The molecule has 21 heavy (non-hydrogen) atoms. The van der Waals surface area contributed by atoms with E-state index in [9.17, 15) is 13.6 Å². The van der Waals surface area contributed by atoms with Gasteiger partial charge in [-0.3, -0.25) is 9.63 Å². The summed E-state index contributed by atoms with van der Waals surface area (Å²) in [5.41, 5.74) is -0.874. The molecule has 2 aromatic rings. The lowest BCUT2D eigenvalue weighted by Crippen LogP contribution is -2.26. The van der Waals surface area contributed by atoms with Crippen molar-refractivity contribution < 1.29 is 18.4 Å². The summed E-state index contributed by atoms with van der Waals surface area (Å²) in [6.07, 6.45) is -0.513. The third kappa shape index (κ3) is 2.86. The molecule has 1 amide bonds. The minimum Gasteiger partial charge on any atom is -0.274 e. The van der Waals surface area contributed by atoms with E-state index in [4.69, 9.17) is 16.4 Å². The lowest BCUT2D eigenvalue weighted by molar-refractivity contribution is -0.0759. The van der Waals surface area contributed by atoms with Gasteiger partial charge in [0.15, 0.2) is 5.82 Å². The first kappa shape index (κ1) is 15.3. The third-order valence-electron chi connectivity index (χ3n) is 2.74. The zero-order chi connectivity index (χ0) is 15.6. The fourth-order valence-corrected chi connectivity index (χ4v) is 1.89. The van der Waals surface area contributed by atoms with Crippen molar-refractivity contribution in [2.75, 3.05) is 14.2 Å². The van der Waals surface area contributed by atoms with Crippen LogP contribution in [0.2, 0.25) is 5.02 Å². The van der Waals surface area contributed by atoms with E-state index in [2.05, 4.69) is 10.1 Å². The highest BCUT2D eigenvalue weighted by atomic mass is 35.5.